The van der Waals surface area contributed by atoms with Gasteiger partial charge in [-0.1, -0.05) is 66.0 Å². The third-order valence-corrected chi connectivity index (χ3v) is 11.3. The molecule has 4 aliphatic rings. The molecule has 3 saturated carbocycles. The highest BCUT2D eigenvalue weighted by atomic mass is 16.3. The van der Waals surface area contributed by atoms with E-state index in [1.54, 1.807) is 5.57 Å². The summed E-state index contributed by atoms with van der Waals surface area (Å²) in [5.41, 5.74) is 2.59. The van der Waals surface area contributed by atoms with Crippen molar-refractivity contribution in [1.82, 2.24) is 0 Å². The van der Waals surface area contributed by atoms with E-state index in [4.69, 9.17) is 0 Å². The van der Waals surface area contributed by atoms with Gasteiger partial charge in [-0.2, -0.15) is 0 Å². The molecule has 5 unspecified atom stereocenters. The van der Waals surface area contributed by atoms with Gasteiger partial charge in [0.1, 0.15) is 0 Å². The molecular formula is C29H50O. The highest BCUT2D eigenvalue weighted by molar-refractivity contribution is 5.25. The standard InChI is InChI=1S/C29H50O/c1-7-21(19(2)3)9-8-20(4)25-12-13-26-24-11-10-22-18-23(30)14-16-28(22,5)27(24)15-17-29(25,26)6/h10,19-21,23-27,30H,7-9,11-18H2,1-6H3/t20-,21?,23?,24?,25-,26?,27?,28+,29-/m1/s1. The summed E-state index contributed by atoms with van der Waals surface area (Å²) in [6.45, 7) is 15.1. The van der Waals surface area contributed by atoms with Crippen LogP contribution in [0.25, 0.3) is 0 Å². The minimum atomic E-state index is -0.0794. The monoisotopic (exact) mass is 414 g/mol. The first-order chi connectivity index (χ1) is 14.2. The van der Waals surface area contributed by atoms with E-state index in [0.29, 0.717) is 10.8 Å². The first-order valence-electron chi connectivity index (χ1n) is 13.6. The maximum Gasteiger partial charge on any atom is 0.0577 e. The molecule has 4 rings (SSSR count). The van der Waals surface area contributed by atoms with E-state index in [1.807, 2.05) is 0 Å². The molecule has 0 spiro atoms. The third-order valence-electron chi connectivity index (χ3n) is 11.3. The lowest BCUT2D eigenvalue weighted by Gasteiger charge is -2.58. The summed E-state index contributed by atoms with van der Waals surface area (Å²) >= 11 is 0. The van der Waals surface area contributed by atoms with Gasteiger partial charge in [-0.05, 0) is 110 Å². The van der Waals surface area contributed by atoms with E-state index >= 15 is 0 Å². The molecule has 0 heterocycles. The van der Waals surface area contributed by atoms with Crippen LogP contribution in [0.4, 0.5) is 0 Å². The van der Waals surface area contributed by atoms with Crippen molar-refractivity contribution in [1.29, 1.82) is 0 Å². The SMILES string of the molecule is CCC(CC[C@@H](C)[C@H]1CCC2C3CC=C4CC(O)CC[C@]4(C)C3CC[C@@]21C)C(C)C. The Morgan fingerprint density at radius 1 is 1.00 bits per heavy atom. The Morgan fingerprint density at radius 2 is 1.77 bits per heavy atom. The van der Waals surface area contributed by atoms with E-state index in [0.717, 1.165) is 54.3 Å². The molecule has 0 aliphatic heterocycles. The minimum absolute atomic E-state index is 0.0794. The van der Waals surface area contributed by atoms with Crippen molar-refractivity contribution in [2.45, 2.75) is 118 Å². The van der Waals surface area contributed by atoms with Crippen LogP contribution < -0.4 is 0 Å². The van der Waals surface area contributed by atoms with Gasteiger partial charge in [0.2, 0.25) is 0 Å². The molecule has 9 atom stereocenters. The van der Waals surface area contributed by atoms with Crippen LogP contribution in [0.1, 0.15) is 112 Å². The fourth-order valence-electron chi connectivity index (χ4n) is 9.30. The van der Waals surface area contributed by atoms with Gasteiger partial charge in [0.25, 0.3) is 0 Å². The predicted octanol–water partition coefficient (Wildman–Crippen LogP) is 8.02. The van der Waals surface area contributed by atoms with Crippen LogP contribution in [0.2, 0.25) is 0 Å². The average molecular weight is 415 g/mol. The second-order valence-electron chi connectivity index (χ2n) is 12.9. The van der Waals surface area contributed by atoms with Crippen molar-refractivity contribution in [2.24, 2.45) is 52.3 Å². The average Bonchev–Trinajstić information content (AvgIpc) is 3.06. The number of allylic oxidation sites excluding steroid dienone is 1. The van der Waals surface area contributed by atoms with Crippen molar-refractivity contribution >= 4 is 0 Å². The van der Waals surface area contributed by atoms with E-state index in [2.05, 4.69) is 47.6 Å². The molecule has 1 nitrogen and oxygen atoms in total. The molecule has 1 heteroatoms. The van der Waals surface area contributed by atoms with Gasteiger partial charge in [0.05, 0.1) is 6.10 Å². The maximum atomic E-state index is 10.2. The Balaban J connectivity index is 1.47. The van der Waals surface area contributed by atoms with E-state index in [1.165, 1.54) is 57.8 Å². The number of aliphatic hydroxyl groups is 1. The molecule has 0 bridgehead atoms. The van der Waals surface area contributed by atoms with Gasteiger partial charge in [0, 0.05) is 0 Å². The second-order valence-corrected chi connectivity index (χ2v) is 12.9. The number of hydrogen-bond acceptors (Lipinski definition) is 1. The third kappa shape index (κ3) is 3.74. The fourth-order valence-corrected chi connectivity index (χ4v) is 9.30. The Bertz CT molecular complexity index is 634. The summed E-state index contributed by atoms with van der Waals surface area (Å²) in [6.07, 6.45) is 17.1. The molecule has 4 aliphatic carbocycles. The molecule has 0 amide bonds. The number of rotatable bonds is 6. The molecule has 0 saturated heterocycles. The normalized spacial score (nSPS) is 45.3. The fraction of sp³-hybridized carbons (Fsp3) is 0.931. The van der Waals surface area contributed by atoms with E-state index in [9.17, 15) is 5.11 Å². The molecule has 30 heavy (non-hydrogen) atoms. The summed E-state index contributed by atoms with van der Waals surface area (Å²) < 4.78 is 0. The van der Waals surface area contributed by atoms with Crippen molar-refractivity contribution in [3.05, 3.63) is 11.6 Å². The summed E-state index contributed by atoms with van der Waals surface area (Å²) in [5.74, 6) is 6.31. The van der Waals surface area contributed by atoms with Crippen LogP contribution in [0.5, 0.6) is 0 Å². The van der Waals surface area contributed by atoms with Crippen LogP contribution in [0, 0.1) is 52.3 Å². The van der Waals surface area contributed by atoms with Crippen molar-refractivity contribution in [3.63, 3.8) is 0 Å². The van der Waals surface area contributed by atoms with Gasteiger partial charge in [-0.25, -0.2) is 0 Å². The highest BCUT2D eigenvalue weighted by Crippen LogP contribution is 2.67. The van der Waals surface area contributed by atoms with Crippen molar-refractivity contribution < 1.29 is 5.11 Å². The molecule has 3 fully saturated rings. The molecule has 0 radical (unpaired) electrons. The van der Waals surface area contributed by atoms with Crippen LogP contribution >= 0.6 is 0 Å². The highest BCUT2D eigenvalue weighted by Gasteiger charge is 2.59. The summed E-state index contributed by atoms with van der Waals surface area (Å²) in [6, 6.07) is 0. The molecule has 1 N–H and O–H groups in total. The Morgan fingerprint density at radius 3 is 2.47 bits per heavy atom. The van der Waals surface area contributed by atoms with Crippen molar-refractivity contribution in [2.75, 3.05) is 0 Å². The van der Waals surface area contributed by atoms with Gasteiger partial charge in [-0.3, -0.25) is 0 Å². The van der Waals surface area contributed by atoms with E-state index < -0.39 is 0 Å². The molecule has 0 aromatic heterocycles. The zero-order chi connectivity index (χ0) is 21.7. The summed E-state index contributed by atoms with van der Waals surface area (Å²) in [7, 11) is 0. The summed E-state index contributed by atoms with van der Waals surface area (Å²) in [4.78, 5) is 0. The lowest BCUT2D eigenvalue weighted by Crippen LogP contribution is -2.50. The smallest absolute Gasteiger partial charge is 0.0577 e. The van der Waals surface area contributed by atoms with Crippen molar-refractivity contribution in [3.8, 4) is 0 Å². The molecule has 0 aromatic rings. The van der Waals surface area contributed by atoms with E-state index in [-0.39, 0.29) is 6.10 Å². The maximum absolute atomic E-state index is 10.2. The molecule has 172 valence electrons. The second kappa shape index (κ2) is 8.57. The zero-order valence-corrected chi connectivity index (χ0v) is 20.9. The lowest BCUT2D eigenvalue weighted by atomic mass is 9.47. The predicted molar refractivity (Wildman–Crippen MR) is 128 cm³/mol. The van der Waals surface area contributed by atoms with Gasteiger partial charge < -0.3 is 5.11 Å². The number of aliphatic hydroxyl groups excluding tert-OH is 1. The summed E-state index contributed by atoms with van der Waals surface area (Å²) in [5, 5.41) is 10.2. The molecular weight excluding hydrogens is 364 g/mol. The molecule has 0 aromatic carbocycles. The first kappa shape index (κ1) is 22.9. The van der Waals surface area contributed by atoms with Crippen LogP contribution in [0.3, 0.4) is 0 Å². The van der Waals surface area contributed by atoms with Crippen LogP contribution in [0.15, 0.2) is 11.6 Å². The minimum Gasteiger partial charge on any atom is -0.393 e. The Labute approximate surface area is 187 Å². The van der Waals surface area contributed by atoms with Gasteiger partial charge in [-0.15, -0.1) is 0 Å². The largest absolute Gasteiger partial charge is 0.393 e. The lowest BCUT2D eigenvalue weighted by molar-refractivity contribution is -0.0575. The first-order valence-corrected chi connectivity index (χ1v) is 13.6. The van der Waals surface area contributed by atoms with Crippen LogP contribution in [-0.2, 0) is 0 Å². The quantitative estimate of drug-likeness (QED) is 0.436. The number of fused-ring (bicyclic) bond motifs is 5. The Hall–Kier alpha value is -0.300. The van der Waals surface area contributed by atoms with Gasteiger partial charge in [0.15, 0.2) is 0 Å². The zero-order valence-electron chi connectivity index (χ0n) is 20.9. The van der Waals surface area contributed by atoms with Crippen LogP contribution in [-0.4, -0.2) is 11.2 Å². The number of hydrogen-bond donors (Lipinski definition) is 1. The van der Waals surface area contributed by atoms with Gasteiger partial charge >= 0.3 is 0 Å². The topological polar surface area (TPSA) is 20.2 Å². The Kier molecular flexibility index (Phi) is 6.53.